The first-order valence-electron chi connectivity index (χ1n) is 8.72. The highest BCUT2D eigenvalue weighted by Crippen LogP contribution is 2.52. The fourth-order valence-electron chi connectivity index (χ4n) is 4.35. The molecule has 3 aliphatic rings. The van der Waals surface area contributed by atoms with Gasteiger partial charge in [-0.2, -0.15) is 0 Å². The highest BCUT2D eigenvalue weighted by molar-refractivity contribution is 7.89. The number of nitrogens with zero attached hydrogens (tertiary/aromatic N) is 1. The molecule has 0 spiro atoms. The van der Waals surface area contributed by atoms with Crippen LogP contribution in [0.5, 0.6) is 0 Å². The van der Waals surface area contributed by atoms with Gasteiger partial charge in [0, 0.05) is 18.7 Å². The van der Waals surface area contributed by atoms with Gasteiger partial charge in [0.2, 0.25) is 27.7 Å². The van der Waals surface area contributed by atoms with Gasteiger partial charge in [-0.1, -0.05) is 12.2 Å². The summed E-state index contributed by atoms with van der Waals surface area (Å²) in [5, 5.41) is 7.64. The Balaban J connectivity index is 1.35. The highest BCUT2D eigenvalue weighted by atomic mass is 32.2. The van der Waals surface area contributed by atoms with E-state index in [0.29, 0.717) is 5.69 Å². The molecule has 1 saturated heterocycles. The van der Waals surface area contributed by atoms with Gasteiger partial charge in [0.05, 0.1) is 16.7 Å². The third kappa shape index (κ3) is 3.06. The minimum atomic E-state index is -3.79. The van der Waals surface area contributed by atoms with Crippen LogP contribution in [0.4, 0.5) is 5.69 Å². The summed E-state index contributed by atoms with van der Waals surface area (Å²) in [6, 6.07) is 5.44. The van der Waals surface area contributed by atoms with E-state index in [1.807, 2.05) is 12.2 Å². The number of nitrogens with two attached hydrogens (primary N) is 1. The van der Waals surface area contributed by atoms with Gasteiger partial charge < -0.3 is 5.32 Å². The van der Waals surface area contributed by atoms with Crippen LogP contribution in [0.25, 0.3) is 0 Å². The first kappa shape index (κ1) is 17.9. The number of benzene rings is 1. The molecule has 1 saturated carbocycles. The molecule has 3 amide bonds. The molecule has 3 N–H and O–H groups in total. The molecule has 2 aliphatic carbocycles. The summed E-state index contributed by atoms with van der Waals surface area (Å²) in [4.78, 5) is 38.4. The number of imide groups is 1. The largest absolute Gasteiger partial charge is 0.326 e. The maximum atomic E-state index is 12.6. The van der Waals surface area contributed by atoms with Crippen LogP contribution in [-0.2, 0) is 24.4 Å². The minimum absolute atomic E-state index is 0.0172. The maximum absolute atomic E-state index is 12.6. The monoisotopic (exact) mass is 389 g/mol. The second-order valence-electron chi connectivity index (χ2n) is 7.20. The number of hydrogen-bond acceptors (Lipinski definition) is 5. The van der Waals surface area contributed by atoms with Crippen molar-refractivity contribution >= 4 is 33.4 Å². The summed E-state index contributed by atoms with van der Waals surface area (Å²) >= 11 is 0. The predicted octanol–water partition coefficient (Wildman–Crippen LogP) is 0.470. The molecule has 1 aromatic carbocycles. The topological polar surface area (TPSA) is 127 Å². The zero-order valence-corrected chi connectivity index (χ0v) is 15.2. The van der Waals surface area contributed by atoms with E-state index in [-0.39, 0.29) is 59.3 Å². The lowest BCUT2D eigenvalue weighted by molar-refractivity contribution is -0.140. The number of anilines is 1. The number of carbonyl (C=O) groups excluding carboxylic acids is 3. The number of primary sulfonamides is 1. The molecule has 4 atom stereocenters. The zero-order chi connectivity index (χ0) is 19.3. The quantitative estimate of drug-likeness (QED) is 0.559. The van der Waals surface area contributed by atoms with Crippen molar-refractivity contribution in [3.8, 4) is 0 Å². The second kappa shape index (κ2) is 6.28. The van der Waals surface area contributed by atoms with Crippen LogP contribution in [-0.4, -0.2) is 37.6 Å². The van der Waals surface area contributed by atoms with E-state index >= 15 is 0 Å². The number of carbonyl (C=O) groups is 3. The Morgan fingerprint density at radius 2 is 1.63 bits per heavy atom. The Morgan fingerprint density at radius 3 is 2.15 bits per heavy atom. The van der Waals surface area contributed by atoms with Crippen molar-refractivity contribution in [2.45, 2.75) is 17.7 Å². The molecule has 2 fully saturated rings. The van der Waals surface area contributed by atoms with E-state index in [2.05, 4.69) is 5.32 Å². The number of sulfonamides is 1. The van der Waals surface area contributed by atoms with Crippen LogP contribution < -0.4 is 10.5 Å². The number of rotatable bonds is 5. The Labute approximate surface area is 156 Å². The number of amides is 3. The maximum Gasteiger partial charge on any atom is 0.238 e. The first-order valence-corrected chi connectivity index (χ1v) is 10.3. The van der Waals surface area contributed by atoms with Crippen LogP contribution in [0.15, 0.2) is 41.3 Å². The molecule has 0 radical (unpaired) electrons. The smallest absolute Gasteiger partial charge is 0.238 e. The summed E-state index contributed by atoms with van der Waals surface area (Å²) in [7, 11) is -3.79. The van der Waals surface area contributed by atoms with Crippen molar-refractivity contribution in [3.05, 3.63) is 36.4 Å². The summed E-state index contributed by atoms with van der Waals surface area (Å²) in [6.45, 7) is 0.0468. The molecular formula is C18H19N3O5S. The second-order valence-corrected chi connectivity index (χ2v) is 8.76. The SMILES string of the molecule is NS(=O)(=O)c1ccc(NC(=O)CCN2C(=O)[C@@H]3[C@@H](C2=O)[C@H]2C=C[C@H]3C2)cc1. The van der Waals surface area contributed by atoms with E-state index in [1.165, 1.54) is 29.2 Å². The Kier molecular flexibility index (Phi) is 4.15. The summed E-state index contributed by atoms with van der Waals surface area (Å²) in [6.07, 6.45) is 4.91. The van der Waals surface area contributed by atoms with Gasteiger partial charge in [-0.05, 0) is 42.5 Å². The van der Waals surface area contributed by atoms with Crippen LogP contribution >= 0.6 is 0 Å². The van der Waals surface area contributed by atoms with E-state index in [9.17, 15) is 22.8 Å². The molecule has 0 unspecified atom stereocenters. The first-order chi connectivity index (χ1) is 12.8. The van der Waals surface area contributed by atoms with Gasteiger partial charge in [-0.3, -0.25) is 19.3 Å². The van der Waals surface area contributed by atoms with Crippen molar-refractivity contribution < 1.29 is 22.8 Å². The fraction of sp³-hybridized carbons (Fsp3) is 0.389. The number of likely N-dealkylation sites (tertiary alicyclic amines) is 1. The Bertz CT molecular complexity index is 924. The normalized spacial score (nSPS) is 28.7. The number of fused-ring (bicyclic) bond motifs is 5. The van der Waals surface area contributed by atoms with E-state index < -0.39 is 10.0 Å². The van der Waals surface area contributed by atoms with E-state index in [1.54, 1.807) is 0 Å². The number of hydrogen-bond donors (Lipinski definition) is 2. The Morgan fingerprint density at radius 1 is 1.07 bits per heavy atom. The predicted molar refractivity (Wildman–Crippen MR) is 95.5 cm³/mol. The van der Waals surface area contributed by atoms with Gasteiger partial charge in [0.25, 0.3) is 0 Å². The average molecular weight is 389 g/mol. The van der Waals surface area contributed by atoms with Crippen LogP contribution in [0.3, 0.4) is 0 Å². The van der Waals surface area contributed by atoms with Crippen molar-refractivity contribution in [3.63, 3.8) is 0 Å². The molecule has 1 heterocycles. The van der Waals surface area contributed by atoms with Gasteiger partial charge in [0.1, 0.15) is 0 Å². The molecule has 27 heavy (non-hydrogen) atoms. The Hall–Kier alpha value is -2.52. The van der Waals surface area contributed by atoms with E-state index in [4.69, 9.17) is 5.14 Å². The lowest BCUT2D eigenvalue weighted by Gasteiger charge is -2.17. The molecule has 142 valence electrons. The van der Waals surface area contributed by atoms with E-state index in [0.717, 1.165) is 6.42 Å². The van der Waals surface area contributed by atoms with Crippen LogP contribution in [0, 0.1) is 23.7 Å². The third-order valence-corrected chi connectivity index (χ3v) is 6.52. The number of nitrogens with one attached hydrogen (secondary N) is 1. The molecule has 9 heteroatoms. The van der Waals surface area contributed by atoms with Crippen molar-refractivity contribution in [1.29, 1.82) is 0 Å². The summed E-state index contributed by atoms with van der Waals surface area (Å²) in [5.41, 5.74) is 0.408. The molecule has 0 aromatic heterocycles. The summed E-state index contributed by atoms with van der Waals surface area (Å²) in [5.74, 6) is -0.945. The van der Waals surface area contributed by atoms with Gasteiger partial charge in [0.15, 0.2) is 0 Å². The fourth-order valence-corrected chi connectivity index (χ4v) is 4.86. The van der Waals surface area contributed by atoms with Crippen LogP contribution in [0.2, 0.25) is 0 Å². The highest BCUT2D eigenvalue weighted by Gasteiger charge is 2.58. The van der Waals surface area contributed by atoms with Gasteiger partial charge >= 0.3 is 0 Å². The van der Waals surface area contributed by atoms with Gasteiger partial charge in [-0.25, -0.2) is 13.6 Å². The minimum Gasteiger partial charge on any atom is -0.326 e. The molecule has 4 rings (SSSR count). The molecule has 2 bridgehead atoms. The zero-order valence-electron chi connectivity index (χ0n) is 14.4. The van der Waals surface area contributed by atoms with Crippen molar-refractivity contribution in [2.24, 2.45) is 28.8 Å². The van der Waals surface area contributed by atoms with Crippen molar-refractivity contribution in [1.82, 2.24) is 4.90 Å². The molecule has 1 aromatic rings. The lowest BCUT2D eigenvalue weighted by Crippen LogP contribution is -2.35. The standard InChI is InChI=1S/C18H19N3O5S/c19-27(25,26)13-5-3-12(4-6-13)20-14(22)7-8-21-17(23)15-10-1-2-11(9-10)16(15)18(21)24/h1-6,10-11,15-16H,7-9H2,(H,20,22)(H2,19,25,26)/t10-,11-,15-,16-/m0/s1. The number of allylic oxidation sites excluding steroid dienone is 2. The molecule has 1 aliphatic heterocycles. The lowest BCUT2D eigenvalue weighted by atomic mass is 9.85. The average Bonchev–Trinajstić information content (AvgIpc) is 3.28. The van der Waals surface area contributed by atoms with Gasteiger partial charge in [-0.15, -0.1) is 0 Å². The van der Waals surface area contributed by atoms with Crippen molar-refractivity contribution in [2.75, 3.05) is 11.9 Å². The third-order valence-electron chi connectivity index (χ3n) is 5.59. The molecular weight excluding hydrogens is 370 g/mol. The summed E-state index contributed by atoms with van der Waals surface area (Å²) < 4.78 is 22.5. The molecule has 8 nitrogen and oxygen atoms in total. The van der Waals surface area contributed by atoms with Crippen LogP contribution in [0.1, 0.15) is 12.8 Å².